The van der Waals surface area contributed by atoms with Gasteiger partial charge in [0.25, 0.3) is 0 Å². The first-order valence-electron chi connectivity index (χ1n) is 9.74. The lowest BCUT2D eigenvalue weighted by molar-refractivity contribution is -0.137. The molecule has 0 radical (unpaired) electrons. The van der Waals surface area contributed by atoms with Crippen molar-refractivity contribution in [2.75, 3.05) is 11.9 Å². The van der Waals surface area contributed by atoms with Gasteiger partial charge in [-0.05, 0) is 36.2 Å². The number of anilines is 1. The first kappa shape index (κ1) is 20.5. The van der Waals surface area contributed by atoms with E-state index in [9.17, 15) is 13.2 Å². The smallest absolute Gasteiger partial charge is 0.370 e. The summed E-state index contributed by atoms with van der Waals surface area (Å²) in [5.41, 5.74) is 1.91. The molecule has 0 aliphatic heterocycles. The summed E-state index contributed by atoms with van der Waals surface area (Å²) in [6, 6.07) is 20.4. The van der Waals surface area contributed by atoms with E-state index in [2.05, 4.69) is 20.3 Å². The van der Waals surface area contributed by atoms with Gasteiger partial charge in [-0.2, -0.15) is 13.2 Å². The van der Waals surface area contributed by atoms with E-state index in [0.717, 1.165) is 18.6 Å². The van der Waals surface area contributed by atoms with Crippen LogP contribution in [0.1, 0.15) is 11.1 Å². The lowest BCUT2D eigenvalue weighted by Crippen LogP contribution is -2.08. The van der Waals surface area contributed by atoms with Gasteiger partial charge in [0.1, 0.15) is 5.82 Å². The van der Waals surface area contributed by atoms with E-state index in [-0.39, 0.29) is 0 Å². The van der Waals surface area contributed by atoms with Crippen molar-refractivity contribution in [1.82, 2.24) is 15.0 Å². The molecule has 4 nitrogen and oxygen atoms in total. The van der Waals surface area contributed by atoms with E-state index < -0.39 is 11.7 Å². The van der Waals surface area contributed by atoms with Crippen LogP contribution in [0.3, 0.4) is 0 Å². The molecular formula is C24H19F3N4. The Labute approximate surface area is 177 Å². The summed E-state index contributed by atoms with van der Waals surface area (Å²) in [5, 5.41) is 3.26. The normalized spacial score (nSPS) is 11.3. The van der Waals surface area contributed by atoms with Crippen molar-refractivity contribution < 1.29 is 13.2 Å². The number of hydrogen-bond donors (Lipinski definition) is 1. The molecule has 31 heavy (non-hydrogen) atoms. The molecule has 4 aromatic rings. The number of aromatic nitrogens is 3. The van der Waals surface area contributed by atoms with Crippen LogP contribution in [0.25, 0.3) is 22.6 Å². The molecule has 0 aliphatic rings. The van der Waals surface area contributed by atoms with E-state index in [0.29, 0.717) is 35.0 Å². The molecule has 0 bridgehead atoms. The maximum Gasteiger partial charge on any atom is 0.416 e. The van der Waals surface area contributed by atoms with Gasteiger partial charge >= 0.3 is 6.18 Å². The highest BCUT2D eigenvalue weighted by molar-refractivity contribution is 5.67. The Hall–Kier alpha value is -3.74. The molecule has 0 saturated carbocycles. The second-order valence-corrected chi connectivity index (χ2v) is 6.94. The van der Waals surface area contributed by atoms with Crippen LogP contribution in [0.2, 0.25) is 0 Å². The van der Waals surface area contributed by atoms with Crippen molar-refractivity contribution in [1.29, 1.82) is 0 Å². The van der Waals surface area contributed by atoms with Gasteiger partial charge in [-0.25, -0.2) is 9.97 Å². The number of hydrogen-bond acceptors (Lipinski definition) is 4. The van der Waals surface area contributed by atoms with Crippen molar-refractivity contribution in [3.05, 3.63) is 96.3 Å². The van der Waals surface area contributed by atoms with Crippen LogP contribution in [-0.4, -0.2) is 21.5 Å². The number of benzene rings is 2. The molecular weight excluding hydrogens is 401 g/mol. The first-order valence-corrected chi connectivity index (χ1v) is 9.74. The van der Waals surface area contributed by atoms with Crippen LogP contribution in [0, 0.1) is 0 Å². The molecule has 0 saturated heterocycles. The van der Waals surface area contributed by atoms with E-state index in [1.165, 1.54) is 11.6 Å². The number of rotatable bonds is 6. The summed E-state index contributed by atoms with van der Waals surface area (Å²) in [5.74, 6) is 0.933. The lowest BCUT2D eigenvalue weighted by Gasteiger charge is -2.12. The van der Waals surface area contributed by atoms with Crippen molar-refractivity contribution in [2.45, 2.75) is 12.6 Å². The molecule has 1 N–H and O–H groups in total. The van der Waals surface area contributed by atoms with Gasteiger partial charge < -0.3 is 5.32 Å². The van der Waals surface area contributed by atoms with Crippen molar-refractivity contribution in [3.63, 3.8) is 0 Å². The van der Waals surface area contributed by atoms with Crippen LogP contribution in [-0.2, 0) is 12.6 Å². The van der Waals surface area contributed by atoms with Crippen LogP contribution in [0.4, 0.5) is 19.0 Å². The van der Waals surface area contributed by atoms with Gasteiger partial charge in [-0.1, -0.05) is 42.5 Å². The average Bonchev–Trinajstić information content (AvgIpc) is 2.80. The second-order valence-electron chi connectivity index (χ2n) is 6.94. The van der Waals surface area contributed by atoms with Crippen LogP contribution < -0.4 is 5.32 Å². The molecule has 0 unspecified atom stereocenters. The molecule has 2 heterocycles. The number of halogens is 3. The summed E-state index contributed by atoms with van der Waals surface area (Å²) < 4.78 is 39.5. The van der Waals surface area contributed by atoms with Gasteiger partial charge in [-0.15, -0.1) is 0 Å². The van der Waals surface area contributed by atoms with E-state index in [1.807, 2.05) is 36.4 Å². The highest BCUT2D eigenvalue weighted by Gasteiger charge is 2.30. The molecule has 0 amide bonds. The predicted molar refractivity (Wildman–Crippen MR) is 114 cm³/mol. The largest absolute Gasteiger partial charge is 0.416 e. The molecule has 0 aliphatic carbocycles. The number of nitrogens with zero attached hydrogens (tertiary/aromatic N) is 3. The third kappa shape index (κ3) is 5.25. The molecule has 4 rings (SSSR count). The van der Waals surface area contributed by atoms with Gasteiger partial charge in [0, 0.05) is 36.1 Å². The average molecular weight is 420 g/mol. The Kier molecular flexibility index (Phi) is 5.93. The van der Waals surface area contributed by atoms with Gasteiger partial charge in [-0.3, -0.25) is 4.98 Å². The van der Waals surface area contributed by atoms with Crippen molar-refractivity contribution >= 4 is 5.82 Å². The van der Waals surface area contributed by atoms with E-state index in [1.54, 1.807) is 30.6 Å². The highest BCUT2D eigenvalue weighted by Crippen LogP contribution is 2.32. The maximum atomic E-state index is 13.2. The summed E-state index contributed by atoms with van der Waals surface area (Å²) in [6.07, 6.45) is -0.379. The Morgan fingerprint density at radius 3 is 2.35 bits per heavy atom. The SMILES string of the molecule is FC(F)(F)c1cccc(-c2cc(NCCc3ccccc3)nc(-c3cccnc3)n2)c1. The summed E-state index contributed by atoms with van der Waals surface area (Å²) in [4.78, 5) is 13.1. The van der Waals surface area contributed by atoms with Crippen LogP contribution in [0.15, 0.2) is 85.2 Å². The Morgan fingerprint density at radius 2 is 1.61 bits per heavy atom. The summed E-state index contributed by atoms with van der Waals surface area (Å²) in [7, 11) is 0. The molecule has 0 spiro atoms. The minimum atomic E-state index is -4.42. The number of alkyl halides is 3. The highest BCUT2D eigenvalue weighted by atomic mass is 19.4. The predicted octanol–water partition coefficient (Wildman–Crippen LogP) is 5.88. The zero-order valence-corrected chi connectivity index (χ0v) is 16.5. The topological polar surface area (TPSA) is 50.7 Å². The maximum absolute atomic E-state index is 13.2. The molecule has 2 aromatic carbocycles. The van der Waals surface area contributed by atoms with Gasteiger partial charge in [0.15, 0.2) is 5.82 Å². The lowest BCUT2D eigenvalue weighted by atomic mass is 10.1. The van der Waals surface area contributed by atoms with Crippen LogP contribution >= 0.6 is 0 Å². The van der Waals surface area contributed by atoms with E-state index in [4.69, 9.17) is 0 Å². The third-order valence-corrected chi connectivity index (χ3v) is 4.69. The fraction of sp³-hybridized carbons (Fsp3) is 0.125. The van der Waals surface area contributed by atoms with E-state index >= 15 is 0 Å². The minimum absolute atomic E-state index is 0.369. The number of nitrogens with one attached hydrogen (secondary N) is 1. The second kappa shape index (κ2) is 8.95. The third-order valence-electron chi connectivity index (χ3n) is 4.69. The fourth-order valence-electron chi connectivity index (χ4n) is 3.14. The van der Waals surface area contributed by atoms with Crippen LogP contribution in [0.5, 0.6) is 0 Å². The monoisotopic (exact) mass is 420 g/mol. The van der Waals surface area contributed by atoms with Crippen molar-refractivity contribution in [2.24, 2.45) is 0 Å². The molecule has 156 valence electrons. The Bertz CT molecular complexity index is 1150. The number of pyridine rings is 1. The first-order chi connectivity index (χ1) is 15.0. The Balaban J connectivity index is 1.67. The molecule has 0 atom stereocenters. The Morgan fingerprint density at radius 1 is 0.806 bits per heavy atom. The standard InChI is InChI=1S/C24H19F3N4/c25-24(26,27)20-10-4-8-18(14-20)21-15-22(29-13-11-17-6-2-1-3-7-17)31-23(30-21)19-9-5-12-28-16-19/h1-10,12,14-16H,11,13H2,(H,29,30,31). The summed E-state index contributed by atoms with van der Waals surface area (Å²) in [6.45, 7) is 0.621. The molecule has 7 heteroatoms. The van der Waals surface area contributed by atoms with Gasteiger partial charge in [0.05, 0.1) is 11.3 Å². The summed E-state index contributed by atoms with van der Waals surface area (Å²) >= 11 is 0. The zero-order chi connectivity index (χ0) is 21.7. The van der Waals surface area contributed by atoms with Crippen molar-refractivity contribution in [3.8, 4) is 22.6 Å². The van der Waals surface area contributed by atoms with Gasteiger partial charge in [0.2, 0.25) is 0 Å². The zero-order valence-electron chi connectivity index (χ0n) is 16.5. The minimum Gasteiger partial charge on any atom is -0.370 e. The molecule has 0 fully saturated rings. The fourth-order valence-corrected chi connectivity index (χ4v) is 3.14. The molecule has 2 aromatic heterocycles. The quantitative estimate of drug-likeness (QED) is 0.423.